The lowest BCUT2D eigenvalue weighted by Gasteiger charge is -2.33. The van der Waals surface area contributed by atoms with Gasteiger partial charge in [-0.15, -0.1) is 0 Å². The number of hydrogen-bond donors (Lipinski definition) is 1. The van der Waals surface area contributed by atoms with E-state index in [2.05, 4.69) is 10.1 Å². The van der Waals surface area contributed by atoms with E-state index in [0.717, 1.165) is 0 Å². The van der Waals surface area contributed by atoms with Crippen LogP contribution in [-0.4, -0.2) is 74.1 Å². The Hall–Kier alpha value is -2.98. The average Bonchev–Trinajstić information content (AvgIpc) is 3.15. The largest absolute Gasteiger partial charge is 0.444 e. The van der Waals surface area contributed by atoms with E-state index in [9.17, 15) is 23.2 Å². The molecule has 2 aliphatic heterocycles. The van der Waals surface area contributed by atoms with Crippen LogP contribution >= 0.6 is 0 Å². The van der Waals surface area contributed by atoms with Crippen LogP contribution in [0, 0.1) is 0 Å². The average molecular weight is 466 g/mol. The van der Waals surface area contributed by atoms with Gasteiger partial charge in [0.1, 0.15) is 16.8 Å². The maximum absolute atomic E-state index is 13.5. The summed E-state index contributed by atoms with van der Waals surface area (Å²) >= 11 is 0. The van der Waals surface area contributed by atoms with Gasteiger partial charge in [-0.05, 0) is 33.6 Å². The number of halogens is 2. The second-order valence-corrected chi connectivity index (χ2v) is 9.77. The number of likely N-dealkylation sites (tertiary alicyclic amines) is 2. The fraction of sp³-hybridized carbons (Fsp3) is 0.636. The third-order valence-electron chi connectivity index (χ3n) is 6.11. The van der Waals surface area contributed by atoms with Gasteiger partial charge in [0, 0.05) is 51.0 Å². The summed E-state index contributed by atoms with van der Waals surface area (Å²) in [6, 6.07) is 1.46. The van der Waals surface area contributed by atoms with Gasteiger partial charge in [-0.2, -0.15) is 5.10 Å². The molecule has 0 bridgehead atoms. The minimum absolute atomic E-state index is 0.0370. The van der Waals surface area contributed by atoms with E-state index >= 15 is 0 Å². The van der Waals surface area contributed by atoms with E-state index in [4.69, 9.17) is 4.74 Å². The maximum atomic E-state index is 13.5. The standard InChI is InChI=1S/C22H29F2N5O4/c1-21(2,3)33-20(32)28-8-4-14(5-9-28)16-12-17(30)26-18-15(13-25-29(16)18)19(31)27-10-6-22(23,24)7-11-27/h12-14H,4-11H2,1-3H3,(H,26,30). The number of carbonyl (C=O) groups is 2. The molecule has 1 N–H and O–H groups in total. The summed E-state index contributed by atoms with van der Waals surface area (Å²) in [6.45, 7) is 6.31. The second kappa shape index (κ2) is 8.42. The lowest BCUT2D eigenvalue weighted by molar-refractivity contribution is -0.0494. The van der Waals surface area contributed by atoms with E-state index < -0.39 is 17.4 Å². The van der Waals surface area contributed by atoms with E-state index in [1.807, 2.05) is 20.8 Å². The number of aromatic amines is 1. The first-order valence-corrected chi connectivity index (χ1v) is 11.2. The zero-order chi connectivity index (χ0) is 24.0. The van der Waals surface area contributed by atoms with Crippen molar-refractivity contribution in [3.8, 4) is 0 Å². The number of ether oxygens (including phenoxy) is 1. The molecule has 11 heteroatoms. The fourth-order valence-corrected chi connectivity index (χ4v) is 4.35. The Morgan fingerprint density at radius 3 is 2.36 bits per heavy atom. The van der Waals surface area contributed by atoms with Crippen LogP contribution in [-0.2, 0) is 4.74 Å². The molecule has 33 heavy (non-hydrogen) atoms. The molecule has 4 rings (SSSR count). The number of hydrogen-bond acceptors (Lipinski definition) is 5. The van der Waals surface area contributed by atoms with Gasteiger partial charge in [-0.3, -0.25) is 9.59 Å². The fourth-order valence-electron chi connectivity index (χ4n) is 4.35. The Bertz CT molecular complexity index is 1100. The van der Waals surface area contributed by atoms with Gasteiger partial charge in [0.25, 0.3) is 17.4 Å². The molecule has 9 nitrogen and oxygen atoms in total. The topological polar surface area (TPSA) is 100 Å². The molecule has 0 atom stereocenters. The smallest absolute Gasteiger partial charge is 0.410 e. The van der Waals surface area contributed by atoms with Crippen LogP contribution in [0.15, 0.2) is 17.1 Å². The van der Waals surface area contributed by atoms with Crippen molar-refractivity contribution in [3.05, 3.63) is 33.9 Å². The van der Waals surface area contributed by atoms with Gasteiger partial charge in [0.15, 0.2) is 0 Å². The SMILES string of the molecule is CC(C)(C)OC(=O)N1CCC(c2cc(=O)[nH]c3c(C(=O)N4CCC(F)(F)CC4)cnn23)CC1. The molecule has 0 saturated carbocycles. The first-order valence-electron chi connectivity index (χ1n) is 11.2. The van der Waals surface area contributed by atoms with Crippen molar-refractivity contribution in [2.75, 3.05) is 26.2 Å². The van der Waals surface area contributed by atoms with Crippen molar-refractivity contribution in [3.63, 3.8) is 0 Å². The Morgan fingerprint density at radius 2 is 1.76 bits per heavy atom. The summed E-state index contributed by atoms with van der Waals surface area (Å²) in [7, 11) is 0. The molecule has 0 aromatic carbocycles. The van der Waals surface area contributed by atoms with Crippen LogP contribution in [0.25, 0.3) is 5.65 Å². The van der Waals surface area contributed by atoms with Gasteiger partial charge in [0.2, 0.25) is 0 Å². The molecule has 180 valence electrons. The van der Waals surface area contributed by atoms with E-state index in [1.165, 1.54) is 17.2 Å². The number of aromatic nitrogens is 3. The van der Waals surface area contributed by atoms with Crippen molar-refractivity contribution in [1.29, 1.82) is 0 Å². The Labute approximate surface area is 189 Å². The molecule has 2 aliphatic rings. The van der Waals surface area contributed by atoms with Crippen LogP contribution in [0.5, 0.6) is 0 Å². The van der Waals surface area contributed by atoms with Crippen molar-refractivity contribution in [2.45, 2.75) is 63.9 Å². The van der Waals surface area contributed by atoms with Gasteiger partial charge in [-0.1, -0.05) is 0 Å². The van der Waals surface area contributed by atoms with Crippen molar-refractivity contribution in [2.24, 2.45) is 0 Å². The molecular weight excluding hydrogens is 436 g/mol. The number of nitrogens with one attached hydrogen (secondary N) is 1. The summed E-state index contributed by atoms with van der Waals surface area (Å²) in [6.07, 6.45) is 1.48. The highest BCUT2D eigenvalue weighted by Gasteiger charge is 2.37. The Kier molecular flexibility index (Phi) is 5.92. The van der Waals surface area contributed by atoms with Crippen molar-refractivity contribution < 1.29 is 23.1 Å². The van der Waals surface area contributed by atoms with Crippen LogP contribution in [0.1, 0.15) is 68.4 Å². The van der Waals surface area contributed by atoms with E-state index in [-0.39, 0.29) is 54.7 Å². The van der Waals surface area contributed by atoms with Gasteiger partial charge >= 0.3 is 6.09 Å². The number of amides is 2. The summed E-state index contributed by atoms with van der Waals surface area (Å²) in [5, 5.41) is 4.33. The molecule has 0 radical (unpaired) electrons. The number of alkyl halides is 2. The zero-order valence-electron chi connectivity index (χ0n) is 19.1. The normalized spacial score (nSPS) is 19.7. The first kappa shape index (κ1) is 23.2. The van der Waals surface area contributed by atoms with Gasteiger partial charge in [-0.25, -0.2) is 18.1 Å². The summed E-state index contributed by atoms with van der Waals surface area (Å²) in [4.78, 5) is 43.4. The van der Waals surface area contributed by atoms with Crippen LogP contribution in [0.4, 0.5) is 13.6 Å². The first-order chi connectivity index (χ1) is 15.4. The van der Waals surface area contributed by atoms with Crippen LogP contribution < -0.4 is 5.56 Å². The molecule has 0 spiro atoms. The minimum Gasteiger partial charge on any atom is -0.444 e. The van der Waals surface area contributed by atoms with E-state index in [0.29, 0.717) is 31.6 Å². The summed E-state index contributed by atoms with van der Waals surface area (Å²) in [5.74, 6) is -3.22. The highest BCUT2D eigenvalue weighted by Crippen LogP contribution is 2.30. The lowest BCUT2D eigenvalue weighted by atomic mass is 9.93. The Morgan fingerprint density at radius 1 is 1.12 bits per heavy atom. The quantitative estimate of drug-likeness (QED) is 0.735. The zero-order valence-corrected chi connectivity index (χ0v) is 19.1. The third-order valence-corrected chi connectivity index (χ3v) is 6.11. The number of H-pyrrole nitrogens is 1. The summed E-state index contributed by atoms with van der Waals surface area (Å²) < 4.78 is 33.9. The number of carbonyl (C=O) groups excluding carboxylic acids is 2. The monoisotopic (exact) mass is 465 g/mol. The molecule has 0 unspecified atom stereocenters. The number of rotatable bonds is 2. The van der Waals surface area contributed by atoms with Crippen molar-refractivity contribution in [1.82, 2.24) is 24.4 Å². The number of piperidine rings is 2. The van der Waals surface area contributed by atoms with Gasteiger partial charge < -0.3 is 19.5 Å². The molecule has 2 aromatic heterocycles. The molecule has 2 saturated heterocycles. The minimum atomic E-state index is -2.76. The molecule has 2 aromatic rings. The lowest BCUT2D eigenvalue weighted by Crippen LogP contribution is -2.42. The van der Waals surface area contributed by atoms with Crippen LogP contribution in [0.2, 0.25) is 0 Å². The number of fused-ring (bicyclic) bond motifs is 1. The van der Waals surface area contributed by atoms with Crippen molar-refractivity contribution >= 4 is 17.6 Å². The highest BCUT2D eigenvalue weighted by atomic mass is 19.3. The highest BCUT2D eigenvalue weighted by molar-refractivity contribution is 5.99. The predicted molar refractivity (Wildman–Crippen MR) is 116 cm³/mol. The molecular formula is C22H29F2N5O4. The van der Waals surface area contributed by atoms with Gasteiger partial charge in [0.05, 0.1) is 11.9 Å². The molecule has 0 aliphatic carbocycles. The third kappa shape index (κ3) is 5.01. The number of nitrogens with zero attached hydrogens (tertiary/aromatic N) is 4. The molecule has 2 amide bonds. The van der Waals surface area contributed by atoms with E-state index in [1.54, 1.807) is 9.42 Å². The predicted octanol–water partition coefficient (Wildman–Crippen LogP) is 3.01. The Balaban J connectivity index is 1.52. The maximum Gasteiger partial charge on any atom is 0.410 e. The molecule has 4 heterocycles. The summed E-state index contributed by atoms with van der Waals surface area (Å²) in [5.41, 5.74) is 0.156. The molecule has 2 fully saturated rings. The second-order valence-electron chi connectivity index (χ2n) is 9.77. The van der Waals surface area contributed by atoms with Crippen LogP contribution in [0.3, 0.4) is 0 Å².